The molecule has 0 saturated heterocycles. The fourth-order valence-corrected chi connectivity index (χ4v) is 3.39. The van der Waals surface area contributed by atoms with Crippen LogP contribution in [0.3, 0.4) is 0 Å². The monoisotopic (exact) mass is 453 g/mol. The summed E-state index contributed by atoms with van der Waals surface area (Å²) in [6.45, 7) is 0. The second-order valence-electron chi connectivity index (χ2n) is 6.13. The van der Waals surface area contributed by atoms with Gasteiger partial charge >= 0.3 is 0 Å². The van der Waals surface area contributed by atoms with Crippen molar-refractivity contribution in [3.63, 3.8) is 0 Å². The maximum absolute atomic E-state index is 6.19. The molecule has 26 heavy (non-hydrogen) atoms. The minimum absolute atomic E-state index is 0.0187. The SMILES string of the molecule is NC1CCCCC1Nc1nc(-c2ccc(Cl)c(Cl)c2)nc(C(Cl)(Cl)Cl)n1. The summed E-state index contributed by atoms with van der Waals surface area (Å²) in [5.41, 5.74) is 6.83. The quantitative estimate of drug-likeness (QED) is 0.610. The molecule has 1 heterocycles. The highest BCUT2D eigenvalue weighted by molar-refractivity contribution is 6.66. The van der Waals surface area contributed by atoms with Gasteiger partial charge in [-0.05, 0) is 31.0 Å². The molecule has 1 fully saturated rings. The van der Waals surface area contributed by atoms with Gasteiger partial charge in [-0.25, -0.2) is 4.98 Å². The molecule has 5 nitrogen and oxygen atoms in total. The highest BCUT2D eigenvalue weighted by Crippen LogP contribution is 2.37. The Morgan fingerprint density at radius 1 is 1.00 bits per heavy atom. The van der Waals surface area contributed by atoms with Crippen LogP contribution in [0.15, 0.2) is 18.2 Å². The van der Waals surface area contributed by atoms with E-state index in [1.807, 2.05) is 0 Å². The molecule has 1 aliphatic rings. The first-order valence-electron chi connectivity index (χ1n) is 8.05. The van der Waals surface area contributed by atoms with Gasteiger partial charge < -0.3 is 11.1 Å². The average molecular weight is 456 g/mol. The van der Waals surface area contributed by atoms with Gasteiger partial charge in [-0.2, -0.15) is 9.97 Å². The number of nitrogens with one attached hydrogen (secondary N) is 1. The van der Waals surface area contributed by atoms with Crippen molar-refractivity contribution in [2.24, 2.45) is 5.73 Å². The molecule has 2 atom stereocenters. The smallest absolute Gasteiger partial charge is 0.250 e. The maximum Gasteiger partial charge on any atom is 0.250 e. The number of aromatic nitrogens is 3. The van der Waals surface area contributed by atoms with Crippen molar-refractivity contribution in [3.8, 4) is 11.4 Å². The molecule has 1 aliphatic carbocycles. The highest BCUT2D eigenvalue weighted by atomic mass is 35.6. The van der Waals surface area contributed by atoms with Gasteiger partial charge in [0.1, 0.15) is 0 Å². The second-order valence-corrected chi connectivity index (χ2v) is 9.23. The van der Waals surface area contributed by atoms with Crippen molar-refractivity contribution in [1.29, 1.82) is 0 Å². The zero-order valence-electron chi connectivity index (χ0n) is 13.5. The molecule has 2 unspecified atom stereocenters. The minimum Gasteiger partial charge on any atom is -0.350 e. The summed E-state index contributed by atoms with van der Waals surface area (Å²) in [4.78, 5) is 13.0. The van der Waals surface area contributed by atoms with E-state index >= 15 is 0 Å². The fourth-order valence-electron chi connectivity index (χ4n) is 2.84. The molecule has 0 radical (unpaired) electrons. The number of benzene rings is 1. The van der Waals surface area contributed by atoms with E-state index in [2.05, 4.69) is 20.3 Å². The lowest BCUT2D eigenvalue weighted by Crippen LogP contribution is -2.43. The number of rotatable bonds is 3. The van der Waals surface area contributed by atoms with Gasteiger partial charge in [0.05, 0.1) is 10.0 Å². The molecule has 0 amide bonds. The summed E-state index contributed by atoms with van der Waals surface area (Å²) in [7, 11) is 0. The molecule has 1 aromatic heterocycles. The van der Waals surface area contributed by atoms with Gasteiger partial charge in [0.15, 0.2) is 11.6 Å². The van der Waals surface area contributed by atoms with Crippen LogP contribution in [0.1, 0.15) is 31.5 Å². The normalized spacial score (nSPS) is 20.8. The number of nitrogens with zero attached hydrogens (tertiary/aromatic N) is 3. The van der Waals surface area contributed by atoms with Crippen LogP contribution in [0, 0.1) is 0 Å². The summed E-state index contributed by atoms with van der Waals surface area (Å²) in [5.74, 6) is 0.655. The van der Waals surface area contributed by atoms with Gasteiger partial charge in [-0.1, -0.05) is 70.8 Å². The third kappa shape index (κ3) is 4.83. The third-order valence-electron chi connectivity index (χ3n) is 4.20. The Morgan fingerprint density at radius 2 is 1.73 bits per heavy atom. The van der Waals surface area contributed by atoms with Crippen LogP contribution >= 0.6 is 58.0 Å². The predicted octanol–water partition coefficient (Wildman–Crippen LogP) is 5.35. The van der Waals surface area contributed by atoms with E-state index in [0.29, 0.717) is 27.4 Å². The van der Waals surface area contributed by atoms with Crippen LogP contribution in [-0.4, -0.2) is 27.0 Å². The summed E-state index contributed by atoms with van der Waals surface area (Å²) >= 11 is 30.1. The molecule has 140 valence electrons. The molecule has 2 aromatic rings. The molecule has 3 N–H and O–H groups in total. The minimum atomic E-state index is -1.79. The number of hydrogen-bond acceptors (Lipinski definition) is 5. The first kappa shape index (κ1) is 20.2. The van der Waals surface area contributed by atoms with Crippen molar-refractivity contribution < 1.29 is 0 Å². The first-order valence-corrected chi connectivity index (χ1v) is 9.94. The summed E-state index contributed by atoms with van der Waals surface area (Å²) in [6.07, 6.45) is 4.08. The molecule has 1 aromatic carbocycles. The maximum atomic E-state index is 6.19. The molecule has 0 bridgehead atoms. The standard InChI is InChI=1S/C16H16Cl5N5/c17-9-6-5-8(7-10(9)18)13-24-14(16(19,20)21)26-15(25-13)23-12-4-2-1-3-11(12)22/h5-7,11-12H,1-4,22H2,(H,23,24,25,26). The summed E-state index contributed by atoms with van der Waals surface area (Å²) in [6, 6.07) is 5.11. The Balaban J connectivity index is 1.99. The Kier molecular flexibility index (Phi) is 6.37. The Morgan fingerprint density at radius 3 is 2.38 bits per heavy atom. The van der Waals surface area contributed by atoms with Crippen molar-refractivity contribution in [1.82, 2.24) is 15.0 Å². The van der Waals surface area contributed by atoms with Crippen LogP contribution in [0.4, 0.5) is 5.95 Å². The number of anilines is 1. The summed E-state index contributed by atoms with van der Waals surface area (Å²) in [5, 5.41) is 4.06. The zero-order valence-corrected chi connectivity index (χ0v) is 17.3. The van der Waals surface area contributed by atoms with Gasteiger partial charge in [-0.15, -0.1) is 0 Å². The third-order valence-corrected chi connectivity index (χ3v) is 5.45. The van der Waals surface area contributed by atoms with E-state index in [0.717, 1.165) is 25.7 Å². The van der Waals surface area contributed by atoms with E-state index < -0.39 is 3.79 Å². The van der Waals surface area contributed by atoms with Crippen LogP contribution in [0.5, 0.6) is 0 Å². The lowest BCUT2D eigenvalue weighted by Gasteiger charge is -2.29. The molecule has 0 aliphatic heterocycles. The highest BCUT2D eigenvalue weighted by Gasteiger charge is 2.30. The van der Waals surface area contributed by atoms with Crippen molar-refractivity contribution in [2.45, 2.75) is 41.6 Å². The largest absolute Gasteiger partial charge is 0.350 e. The van der Waals surface area contributed by atoms with Gasteiger partial charge in [0, 0.05) is 17.6 Å². The van der Waals surface area contributed by atoms with E-state index in [9.17, 15) is 0 Å². The molecule has 1 saturated carbocycles. The van der Waals surface area contributed by atoms with Crippen LogP contribution in [-0.2, 0) is 3.79 Å². The van der Waals surface area contributed by atoms with Gasteiger partial charge in [0.25, 0.3) is 0 Å². The van der Waals surface area contributed by atoms with Crippen LogP contribution in [0.25, 0.3) is 11.4 Å². The van der Waals surface area contributed by atoms with Crippen LogP contribution in [0.2, 0.25) is 10.0 Å². The van der Waals surface area contributed by atoms with E-state index in [1.54, 1.807) is 18.2 Å². The first-order chi connectivity index (χ1) is 12.2. The molecular weight excluding hydrogens is 439 g/mol. The average Bonchev–Trinajstić information content (AvgIpc) is 2.58. The van der Waals surface area contributed by atoms with Crippen molar-refractivity contribution >= 4 is 64.0 Å². The fraction of sp³-hybridized carbons (Fsp3) is 0.438. The van der Waals surface area contributed by atoms with Gasteiger partial charge in [-0.3, -0.25) is 0 Å². The van der Waals surface area contributed by atoms with Crippen LogP contribution < -0.4 is 11.1 Å². The number of hydrogen-bond donors (Lipinski definition) is 2. The lowest BCUT2D eigenvalue weighted by atomic mass is 9.91. The second kappa shape index (κ2) is 8.21. The van der Waals surface area contributed by atoms with Crippen molar-refractivity contribution in [3.05, 3.63) is 34.1 Å². The Labute approximate surface area is 176 Å². The van der Waals surface area contributed by atoms with Gasteiger partial charge in [0.2, 0.25) is 9.74 Å². The zero-order chi connectivity index (χ0) is 18.9. The molecule has 10 heteroatoms. The van der Waals surface area contributed by atoms with E-state index in [-0.39, 0.29) is 17.9 Å². The Bertz CT molecular complexity index is 795. The van der Waals surface area contributed by atoms with E-state index in [4.69, 9.17) is 63.7 Å². The van der Waals surface area contributed by atoms with Crippen molar-refractivity contribution in [2.75, 3.05) is 5.32 Å². The summed E-state index contributed by atoms with van der Waals surface area (Å²) < 4.78 is -1.79. The number of alkyl halides is 3. The molecule has 0 spiro atoms. The Hall–Kier alpha value is -0.560. The lowest BCUT2D eigenvalue weighted by molar-refractivity contribution is 0.402. The predicted molar refractivity (Wildman–Crippen MR) is 108 cm³/mol. The topological polar surface area (TPSA) is 76.7 Å². The molecule has 3 rings (SSSR count). The number of halogens is 5. The number of nitrogens with two attached hydrogens (primary N) is 1. The molecular formula is C16H16Cl5N5. The van der Waals surface area contributed by atoms with E-state index in [1.165, 1.54) is 0 Å².